The van der Waals surface area contributed by atoms with Crippen LogP contribution >= 0.6 is 24.8 Å². The van der Waals surface area contributed by atoms with Gasteiger partial charge in [-0.05, 0) is 37.8 Å². The molecule has 0 aromatic heterocycles. The van der Waals surface area contributed by atoms with Gasteiger partial charge in [0.05, 0.1) is 23.2 Å². The van der Waals surface area contributed by atoms with E-state index < -0.39 is 29.7 Å². The number of imide groups is 2. The zero-order valence-electron chi connectivity index (χ0n) is 18.4. The minimum absolute atomic E-state index is 0. The van der Waals surface area contributed by atoms with E-state index in [2.05, 4.69) is 16.0 Å². The van der Waals surface area contributed by atoms with E-state index in [0.717, 1.165) is 37.3 Å². The number of piperidine rings is 1. The standard InChI is InChI=1S/C22H25N5O5.2ClH/c28-16-6-5-15(19(30)25-16)27-20(31)13-3-1-4-14(18(13)21(27)32)24-11-17(29)26-10-9-23-12-22(26)7-2-8-22;;/h1,3-4,15,23-24H,2,5-12H2,(H,25,28,30);2*1H. The monoisotopic (exact) mass is 511 g/mol. The first-order chi connectivity index (χ1) is 15.4. The Morgan fingerprint density at radius 2 is 1.88 bits per heavy atom. The topological polar surface area (TPSA) is 128 Å². The van der Waals surface area contributed by atoms with E-state index in [4.69, 9.17) is 0 Å². The van der Waals surface area contributed by atoms with Crippen LogP contribution < -0.4 is 16.0 Å². The lowest BCUT2D eigenvalue weighted by Crippen LogP contribution is -2.66. The molecule has 1 saturated carbocycles. The number of rotatable bonds is 4. The summed E-state index contributed by atoms with van der Waals surface area (Å²) >= 11 is 0. The summed E-state index contributed by atoms with van der Waals surface area (Å²) in [6.07, 6.45) is 3.25. The summed E-state index contributed by atoms with van der Waals surface area (Å²) < 4.78 is 0. The van der Waals surface area contributed by atoms with Gasteiger partial charge in [-0.25, -0.2) is 0 Å². The molecule has 12 heteroatoms. The number of fused-ring (bicyclic) bond motifs is 1. The van der Waals surface area contributed by atoms with Crippen LogP contribution in [0.25, 0.3) is 0 Å². The molecule has 184 valence electrons. The number of nitrogens with zero attached hydrogens (tertiary/aromatic N) is 2. The molecule has 1 aliphatic carbocycles. The molecule has 2 saturated heterocycles. The average molecular weight is 512 g/mol. The van der Waals surface area contributed by atoms with E-state index >= 15 is 0 Å². The van der Waals surface area contributed by atoms with Crippen LogP contribution in [0.1, 0.15) is 52.8 Å². The highest BCUT2D eigenvalue weighted by Gasteiger charge is 2.47. The summed E-state index contributed by atoms with van der Waals surface area (Å²) in [4.78, 5) is 65.7. The minimum Gasteiger partial charge on any atom is -0.375 e. The van der Waals surface area contributed by atoms with Crippen LogP contribution in [-0.4, -0.2) is 77.1 Å². The smallest absolute Gasteiger partial charge is 0.264 e. The van der Waals surface area contributed by atoms with Gasteiger partial charge >= 0.3 is 0 Å². The third-order valence-electron chi connectivity index (χ3n) is 7.02. The fourth-order valence-corrected chi connectivity index (χ4v) is 5.19. The van der Waals surface area contributed by atoms with Gasteiger partial charge in [0.25, 0.3) is 11.8 Å². The quantitative estimate of drug-likeness (QED) is 0.507. The van der Waals surface area contributed by atoms with Gasteiger partial charge in [-0.1, -0.05) is 6.07 Å². The predicted octanol–water partition coefficient (Wildman–Crippen LogP) is 0.698. The van der Waals surface area contributed by atoms with Gasteiger partial charge in [0, 0.05) is 31.7 Å². The van der Waals surface area contributed by atoms with Crippen LogP contribution in [0.2, 0.25) is 0 Å². The maximum atomic E-state index is 13.2. The van der Waals surface area contributed by atoms with Crippen molar-refractivity contribution in [1.82, 2.24) is 20.4 Å². The van der Waals surface area contributed by atoms with Gasteiger partial charge in [0.2, 0.25) is 17.7 Å². The number of anilines is 1. The molecule has 5 rings (SSSR count). The zero-order valence-corrected chi connectivity index (χ0v) is 20.1. The second kappa shape index (κ2) is 9.89. The maximum absolute atomic E-state index is 13.2. The Morgan fingerprint density at radius 1 is 1.12 bits per heavy atom. The van der Waals surface area contributed by atoms with Crippen molar-refractivity contribution in [2.24, 2.45) is 0 Å². The Bertz CT molecular complexity index is 1040. The molecular formula is C22H27Cl2N5O5. The Kier molecular flexibility index (Phi) is 7.54. The number of piperazine rings is 1. The van der Waals surface area contributed by atoms with Crippen molar-refractivity contribution in [2.75, 3.05) is 31.5 Å². The molecule has 10 nitrogen and oxygen atoms in total. The number of benzene rings is 1. The van der Waals surface area contributed by atoms with E-state index in [0.29, 0.717) is 12.2 Å². The molecule has 34 heavy (non-hydrogen) atoms. The normalized spacial score (nSPS) is 22.9. The number of amides is 5. The third-order valence-corrected chi connectivity index (χ3v) is 7.02. The summed E-state index contributed by atoms with van der Waals surface area (Å²) in [7, 11) is 0. The van der Waals surface area contributed by atoms with Crippen molar-refractivity contribution < 1.29 is 24.0 Å². The maximum Gasteiger partial charge on any atom is 0.264 e. The molecule has 4 aliphatic rings. The highest BCUT2D eigenvalue weighted by atomic mass is 35.5. The summed E-state index contributed by atoms with van der Waals surface area (Å²) in [5.74, 6) is -2.26. The highest BCUT2D eigenvalue weighted by Crippen LogP contribution is 2.38. The number of nitrogens with one attached hydrogen (secondary N) is 3. The Balaban J connectivity index is 0.00000162. The molecular weight excluding hydrogens is 485 g/mol. The van der Waals surface area contributed by atoms with Gasteiger partial charge in [0.15, 0.2) is 0 Å². The van der Waals surface area contributed by atoms with Crippen molar-refractivity contribution in [3.8, 4) is 0 Å². The number of hydrogen-bond donors (Lipinski definition) is 3. The highest BCUT2D eigenvalue weighted by molar-refractivity contribution is 6.25. The van der Waals surface area contributed by atoms with Crippen molar-refractivity contribution in [1.29, 1.82) is 0 Å². The lowest BCUT2D eigenvalue weighted by atomic mass is 9.74. The SMILES string of the molecule is Cl.Cl.O=C1CCC(N2C(=O)c3cccc(NCC(=O)N4CCNCC45CCC5)c3C2=O)C(=O)N1. The largest absolute Gasteiger partial charge is 0.375 e. The lowest BCUT2D eigenvalue weighted by Gasteiger charge is -2.53. The van der Waals surface area contributed by atoms with Crippen LogP contribution in [0.3, 0.4) is 0 Å². The lowest BCUT2D eigenvalue weighted by molar-refractivity contribution is -0.141. The van der Waals surface area contributed by atoms with Crippen LogP contribution in [0.5, 0.6) is 0 Å². The number of carbonyl (C=O) groups excluding carboxylic acids is 5. The molecule has 0 bridgehead atoms. The molecule has 3 heterocycles. The fraction of sp³-hybridized carbons (Fsp3) is 0.500. The summed E-state index contributed by atoms with van der Waals surface area (Å²) in [6, 6.07) is 3.81. The van der Waals surface area contributed by atoms with E-state index in [1.54, 1.807) is 12.1 Å². The molecule has 1 aromatic rings. The molecule has 5 amide bonds. The minimum atomic E-state index is -1.02. The fourth-order valence-electron chi connectivity index (χ4n) is 5.19. The predicted molar refractivity (Wildman–Crippen MR) is 127 cm³/mol. The second-order valence-electron chi connectivity index (χ2n) is 8.83. The first kappa shape index (κ1) is 25.9. The summed E-state index contributed by atoms with van der Waals surface area (Å²) in [6.45, 7) is 2.21. The second-order valence-corrected chi connectivity index (χ2v) is 8.83. The van der Waals surface area contributed by atoms with Gasteiger partial charge < -0.3 is 15.5 Å². The van der Waals surface area contributed by atoms with Crippen molar-refractivity contribution >= 4 is 60.0 Å². The Morgan fingerprint density at radius 3 is 2.56 bits per heavy atom. The van der Waals surface area contributed by atoms with E-state index in [-0.39, 0.29) is 66.8 Å². The molecule has 1 spiro atoms. The van der Waals surface area contributed by atoms with Gasteiger partial charge in [-0.15, -0.1) is 24.8 Å². The molecule has 1 atom stereocenters. The average Bonchev–Trinajstić information content (AvgIpc) is 3.02. The molecule has 0 radical (unpaired) electrons. The summed E-state index contributed by atoms with van der Waals surface area (Å²) in [5.41, 5.74) is 0.634. The number of carbonyl (C=O) groups is 5. The molecule has 1 unspecified atom stereocenters. The Hall–Kier alpha value is -2.69. The Labute approximate surface area is 209 Å². The van der Waals surface area contributed by atoms with Gasteiger partial charge in [0.1, 0.15) is 6.04 Å². The summed E-state index contributed by atoms with van der Waals surface area (Å²) in [5, 5.41) is 8.61. The first-order valence-corrected chi connectivity index (χ1v) is 11.0. The van der Waals surface area contributed by atoms with Crippen LogP contribution in [0.15, 0.2) is 18.2 Å². The van der Waals surface area contributed by atoms with E-state index in [1.807, 2.05) is 4.90 Å². The molecule has 3 N–H and O–H groups in total. The van der Waals surface area contributed by atoms with Gasteiger partial charge in [-0.2, -0.15) is 0 Å². The molecule has 1 aromatic carbocycles. The first-order valence-electron chi connectivity index (χ1n) is 11.0. The van der Waals surface area contributed by atoms with Gasteiger partial charge in [-0.3, -0.25) is 34.2 Å². The van der Waals surface area contributed by atoms with Crippen molar-refractivity contribution in [3.05, 3.63) is 29.3 Å². The van der Waals surface area contributed by atoms with Crippen LogP contribution in [0, 0.1) is 0 Å². The number of hydrogen-bond acceptors (Lipinski definition) is 7. The van der Waals surface area contributed by atoms with Crippen LogP contribution in [0.4, 0.5) is 5.69 Å². The third kappa shape index (κ3) is 4.14. The van der Waals surface area contributed by atoms with Crippen molar-refractivity contribution in [2.45, 2.75) is 43.7 Å². The number of halogens is 2. The van der Waals surface area contributed by atoms with Crippen molar-refractivity contribution in [3.63, 3.8) is 0 Å². The van der Waals surface area contributed by atoms with E-state index in [1.165, 1.54) is 6.07 Å². The molecule has 3 aliphatic heterocycles. The van der Waals surface area contributed by atoms with E-state index in [9.17, 15) is 24.0 Å². The zero-order chi connectivity index (χ0) is 22.5. The van der Waals surface area contributed by atoms with Crippen LogP contribution in [-0.2, 0) is 14.4 Å². The molecule has 3 fully saturated rings.